The third-order valence-electron chi connectivity index (χ3n) is 8.24. The lowest BCUT2D eigenvalue weighted by molar-refractivity contribution is -0.161. The summed E-state index contributed by atoms with van der Waals surface area (Å²) in [4.78, 5) is 34.8. The number of unbranched alkanes of at least 4 members (excludes halogenated alkanes) is 15. The highest BCUT2D eigenvalue weighted by atomic mass is 31.2. The molecule has 0 radical (unpaired) electrons. The van der Waals surface area contributed by atoms with Gasteiger partial charge in [0.2, 0.25) is 0 Å². The van der Waals surface area contributed by atoms with Gasteiger partial charge >= 0.3 is 19.8 Å². The molecule has 0 spiro atoms. The van der Waals surface area contributed by atoms with E-state index in [-0.39, 0.29) is 19.4 Å². The zero-order chi connectivity index (χ0) is 38.4. The molecule has 3 atom stereocenters. The second-order valence-corrected chi connectivity index (χ2v) is 14.8. The summed E-state index contributed by atoms with van der Waals surface area (Å²) in [6.07, 6.45) is 38.0. The third kappa shape index (κ3) is 36.3. The van der Waals surface area contributed by atoms with Crippen molar-refractivity contribution in [2.24, 2.45) is 0 Å². The number of hydrogen-bond donors (Lipinski definition) is 3. The average Bonchev–Trinajstić information content (AvgIpc) is 3.13. The van der Waals surface area contributed by atoms with Crippen LogP contribution in [0.15, 0.2) is 48.6 Å². The molecule has 0 saturated heterocycles. The summed E-state index contributed by atoms with van der Waals surface area (Å²) in [6.45, 7) is 2.28. The van der Waals surface area contributed by atoms with Gasteiger partial charge < -0.3 is 24.6 Å². The minimum atomic E-state index is -4.62. The Kier molecular flexibility index (Phi) is 35.8. The minimum absolute atomic E-state index is 0.177. The van der Waals surface area contributed by atoms with Crippen molar-refractivity contribution >= 4 is 19.8 Å². The van der Waals surface area contributed by atoms with Crippen molar-refractivity contribution in [3.05, 3.63) is 48.6 Å². The lowest BCUT2D eigenvalue weighted by Crippen LogP contribution is -2.29. The zero-order valence-corrected chi connectivity index (χ0v) is 33.4. The minimum Gasteiger partial charge on any atom is -0.462 e. The van der Waals surface area contributed by atoms with Crippen molar-refractivity contribution in [1.29, 1.82) is 0 Å². The van der Waals surface area contributed by atoms with Crippen molar-refractivity contribution in [3.8, 4) is 0 Å². The Morgan fingerprint density at radius 1 is 0.577 bits per heavy atom. The number of rotatable bonds is 37. The molecule has 10 nitrogen and oxygen atoms in total. The Bertz CT molecular complexity index is 1010. The number of carbonyl (C=O) groups excluding carboxylic acids is 2. The van der Waals surface area contributed by atoms with Gasteiger partial charge in [0.25, 0.3) is 0 Å². The van der Waals surface area contributed by atoms with Crippen LogP contribution in [0.5, 0.6) is 0 Å². The maximum atomic E-state index is 12.5. The monoisotopic (exact) mass is 756 g/mol. The second kappa shape index (κ2) is 37.3. The number of ether oxygens (including phenoxy) is 2. The Balaban J connectivity index is 4.36. The molecular formula is C41H73O10P. The number of phosphoric ester groups is 1. The molecule has 0 bridgehead atoms. The molecule has 1 unspecified atom stereocenters. The highest BCUT2D eigenvalue weighted by molar-refractivity contribution is 7.47. The first-order valence-corrected chi connectivity index (χ1v) is 21.6. The summed E-state index contributed by atoms with van der Waals surface area (Å²) in [5.74, 6) is -0.964. The van der Waals surface area contributed by atoms with E-state index in [2.05, 4.69) is 67.0 Å². The van der Waals surface area contributed by atoms with Gasteiger partial charge in [0, 0.05) is 12.8 Å². The van der Waals surface area contributed by atoms with E-state index in [9.17, 15) is 24.2 Å². The molecule has 0 aliphatic carbocycles. The van der Waals surface area contributed by atoms with Gasteiger partial charge in [-0.3, -0.25) is 18.6 Å². The molecule has 0 aliphatic rings. The fraction of sp³-hybridized carbons (Fsp3) is 0.756. The molecule has 11 heteroatoms. The molecule has 302 valence electrons. The van der Waals surface area contributed by atoms with E-state index in [1.54, 1.807) is 0 Å². The van der Waals surface area contributed by atoms with Crippen LogP contribution in [0, 0.1) is 0 Å². The highest BCUT2D eigenvalue weighted by Gasteiger charge is 2.27. The Hall–Kier alpha value is -2.07. The lowest BCUT2D eigenvalue weighted by atomic mass is 10.1. The molecule has 0 aliphatic heterocycles. The van der Waals surface area contributed by atoms with Crippen molar-refractivity contribution in [2.75, 3.05) is 26.4 Å². The molecule has 0 rings (SSSR count). The summed E-state index contributed by atoms with van der Waals surface area (Å²) in [5.41, 5.74) is 0. The van der Waals surface area contributed by atoms with E-state index in [1.807, 2.05) is 0 Å². The lowest BCUT2D eigenvalue weighted by Gasteiger charge is -2.20. The number of aliphatic hydroxyl groups is 2. The summed E-state index contributed by atoms with van der Waals surface area (Å²) in [5, 5.41) is 18.3. The van der Waals surface area contributed by atoms with Gasteiger partial charge in [0.1, 0.15) is 12.7 Å². The van der Waals surface area contributed by atoms with Gasteiger partial charge in [-0.25, -0.2) is 4.57 Å². The largest absolute Gasteiger partial charge is 0.472 e. The summed E-state index contributed by atoms with van der Waals surface area (Å²) < 4.78 is 32.5. The predicted octanol–water partition coefficient (Wildman–Crippen LogP) is 10.2. The SMILES string of the molecule is CCCCC/C=C/C/C=C/C/C=C/C/C=C/CCCCCC(=O)OC[C@@H](COP(=O)(O)OC[C@H](O)CO)OC(=O)CCCCCCCCCCCC. The van der Waals surface area contributed by atoms with Gasteiger partial charge in [-0.05, 0) is 57.8 Å². The van der Waals surface area contributed by atoms with E-state index < -0.39 is 51.8 Å². The van der Waals surface area contributed by atoms with Gasteiger partial charge in [-0.2, -0.15) is 0 Å². The van der Waals surface area contributed by atoms with Crippen LogP contribution in [0.1, 0.15) is 162 Å². The maximum absolute atomic E-state index is 12.5. The van der Waals surface area contributed by atoms with Crippen LogP contribution in [0.25, 0.3) is 0 Å². The van der Waals surface area contributed by atoms with Crippen LogP contribution < -0.4 is 0 Å². The Labute approximate surface area is 315 Å². The molecular weight excluding hydrogens is 683 g/mol. The Morgan fingerprint density at radius 2 is 1.00 bits per heavy atom. The van der Waals surface area contributed by atoms with Crippen molar-refractivity contribution in [1.82, 2.24) is 0 Å². The van der Waals surface area contributed by atoms with Gasteiger partial charge in [-0.1, -0.05) is 140 Å². The molecule has 0 aromatic rings. The highest BCUT2D eigenvalue weighted by Crippen LogP contribution is 2.43. The maximum Gasteiger partial charge on any atom is 0.472 e. The standard InChI is InChI=1S/C41H73O10P/c1-3-5-7-9-11-13-15-16-17-18-19-20-21-22-23-25-26-28-30-32-40(44)48-36-39(37-50-52(46,47)49-35-38(43)34-42)51-41(45)33-31-29-27-24-14-12-10-8-6-4-2/h11,13,16-17,19-20,22-23,38-39,42-43H,3-10,12,14-15,18,21,24-37H2,1-2H3,(H,46,47)/b13-11+,17-16+,20-19+,23-22+/t38-,39+/m1/s1. The van der Waals surface area contributed by atoms with E-state index >= 15 is 0 Å². The van der Waals surface area contributed by atoms with Crippen LogP contribution in [0.2, 0.25) is 0 Å². The van der Waals surface area contributed by atoms with E-state index in [1.165, 1.54) is 64.2 Å². The topological polar surface area (TPSA) is 149 Å². The molecule has 52 heavy (non-hydrogen) atoms. The van der Waals surface area contributed by atoms with Crippen LogP contribution in [-0.2, 0) is 32.7 Å². The number of phosphoric acid groups is 1. The number of esters is 2. The molecule has 0 aromatic carbocycles. The summed E-state index contributed by atoms with van der Waals surface area (Å²) in [6, 6.07) is 0. The number of allylic oxidation sites excluding steroid dienone is 8. The van der Waals surface area contributed by atoms with Gasteiger partial charge in [0.05, 0.1) is 19.8 Å². The molecule has 0 heterocycles. The average molecular weight is 757 g/mol. The normalized spacial score (nSPS) is 14.5. The first-order chi connectivity index (χ1) is 25.2. The van der Waals surface area contributed by atoms with Gasteiger partial charge in [0.15, 0.2) is 6.10 Å². The van der Waals surface area contributed by atoms with Crippen molar-refractivity contribution < 1.29 is 47.8 Å². The first kappa shape index (κ1) is 49.9. The molecule has 3 N–H and O–H groups in total. The quantitative estimate of drug-likeness (QED) is 0.0242. The smallest absolute Gasteiger partial charge is 0.462 e. The zero-order valence-electron chi connectivity index (χ0n) is 32.5. The first-order valence-electron chi connectivity index (χ1n) is 20.1. The van der Waals surface area contributed by atoms with Crippen LogP contribution in [0.4, 0.5) is 0 Å². The van der Waals surface area contributed by atoms with E-state index in [0.29, 0.717) is 12.8 Å². The van der Waals surface area contributed by atoms with E-state index in [0.717, 1.165) is 57.8 Å². The number of carbonyl (C=O) groups is 2. The summed E-state index contributed by atoms with van der Waals surface area (Å²) >= 11 is 0. The van der Waals surface area contributed by atoms with Crippen molar-refractivity contribution in [2.45, 2.75) is 174 Å². The molecule has 0 aromatic heterocycles. The number of hydrogen-bond acceptors (Lipinski definition) is 9. The summed E-state index contributed by atoms with van der Waals surface area (Å²) in [7, 11) is -4.62. The number of aliphatic hydroxyl groups excluding tert-OH is 2. The molecule has 0 amide bonds. The fourth-order valence-corrected chi connectivity index (χ4v) is 5.88. The van der Waals surface area contributed by atoms with Crippen LogP contribution >= 0.6 is 7.82 Å². The molecule has 0 fully saturated rings. The third-order valence-corrected chi connectivity index (χ3v) is 9.19. The Morgan fingerprint density at radius 3 is 1.54 bits per heavy atom. The van der Waals surface area contributed by atoms with Crippen LogP contribution in [0.3, 0.4) is 0 Å². The van der Waals surface area contributed by atoms with Gasteiger partial charge in [-0.15, -0.1) is 0 Å². The van der Waals surface area contributed by atoms with E-state index in [4.69, 9.17) is 19.1 Å². The fourth-order valence-electron chi connectivity index (χ4n) is 5.09. The van der Waals surface area contributed by atoms with Crippen LogP contribution in [-0.4, -0.2) is 65.7 Å². The second-order valence-electron chi connectivity index (χ2n) is 13.3. The predicted molar refractivity (Wildman–Crippen MR) is 210 cm³/mol. The molecule has 0 saturated carbocycles. The van der Waals surface area contributed by atoms with Crippen molar-refractivity contribution in [3.63, 3.8) is 0 Å².